The van der Waals surface area contributed by atoms with Crippen LogP contribution in [0, 0.1) is 0 Å². The molecule has 2 heterocycles. The predicted molar refractivity (Wildman–Crippen MR) is 47.1 cm³/mol. The summed E-state index contributed by atoms with van der Waals surface area (Å²) in [5, 5.41) is 5.92. The molecule has 12 heavy (non-hydrogen) atoms. The molecule has 0 aliphatic heterocycles. The van der Waals surface area contributed by atoms with Gasteiger partial charge in [-0.2, -0.15) is 5.10 Å². The molecule has 0 aliphatic rings. The summed E-state index contributed by atoms with van der Waals surface area (Å²) in [7, 11) is 1.79. The van der Waals surface area contributed by atoms with Gasteiger partial charge in [0.15, 0.2) is 5.69 Å². The first kappa shape index (κ1) is 7.30. The van der Waals surface area contributed by atoms with Crippen molar-refractivity contribution in [3.05, 3.63) is 17.1 Å². The number of hydrogen-bond acceptors (Lipinski definition) is 3. The van der Waals surface area contributed by atoms with E-state index in [1.54, 1.807) is 11.7 Å². The van der Waals surface area contributed by atoms with E-state index >= 15 is 0 Å². The number of primary amides is 1. The minimum atomic E-state index is -0.469. The summed E-state index contributed by atoms with van der Waals surface area (Å²) < 4.78 is 2.52. The third kappa shape index (κ3) is 0.831. The van der Waals surface area contributed by atoms with Crippen molar-refractivity contribution < 1.29 is 4.79 Å². The van der Waals surface area contributed by atoms with Crippen LogP contribution in [-0.2, 0) is 7.05 Å². The van der Waals surface area contributed by atoms with E-state index in [1.807, 2.05) is 11.4 Å². The van der Waals surface area contributed by atoms with E-state index < -0.39 is 5.91 Å². The number of rotatable bonds is 1. The second kappa shape index (κ2) is 2.31. The summed E-state index contributed by atoms with van der Waals surface area (Å²) >= 11 is 1.48. The molecule has 0 saturated carbocycles. The van der Waals surface area contributed by atoms with Gasteiger partial charge in [-0.1, -0.05) is 0 Å². The zero-order valence-electron chi connectivity index (χ0n) is 6.44. The quantitative estimate of drug-likeness (QED) is 0.705. The molecule has 0 aliphatic carbocycles. The topological polar surface area (TPSA) is 60.9 Å². The lowest BCUT2D eigenvalue weighted by Crippen LogP contribution is -2.12. The minimum Gasteiger partial charge on any atom is -0.364 e. The highest BCUT2D eigenvalue weighted by Crippen LogP contribution is 2.23. The second-order valence-electron chi connectivity index (χ2n) is 2.47. The molecule has 0 bridgehead atoms. The number of thiophene rings is 1. The van der Waals surface area contributed by atoms with Crippen molar-refractivity contribution in [3.63, 3.8) is 0 Å². The fourth-order valence-corrected chi connectivity index (χ4v) is 2.05. The van der Waals surface area contributed by atoms with E-state index in [4.69, 9.17) is 5.73 Å². The van der Waals surface area contributed by atoms with Gasteiger partial charge in [0.2, 0.25) is 0 Å². The van der Waals surface area contributed by atoms with Crippen LogP contribution in [0.15, 0.2) is 11.4 Å². The maximum absolute atomic E-state index is 10.9. The number of hydrogen-bond donors (Lipinski definition) is 1. The van der Waals surface area contributed by atoms with Gasteiger partial charge in [0, 0.05) is 7.05 Å². The van der Waals surface area contributed by atoms with E-state index in [1.165, 1.54) is 11.3 Å². The lowest BCUT2D eigenvalue weighted by molar-refractivity contribution is 0.0996. The Hall–Kier alpha value is -1.36. The molecule has 0 radical (unpaired) electrons. The number of nitrogens with zero attached hydrogens (tertiary/aromatic N) is 2. The predicted octanol–water partition coefficient (Wildman–Crippen LogP) is 0.734. The molecular weight excluding hydrogens is 174 g/mol. The molecule has 0 fully saturated rings. The highest BCUT2D eigenvalue weighted by Gasteiger charge is 2.13. The minimum absolute atomic E-state index is 0.363. The molecule has 0 unspecified atom stereocenters. The van der Waals surface area contributed by atoms with Gasteiger partial charge in [-0.15, -0.1) is 11.3 Å². The normalized spacial score (nSPS) is 10.8. The van der Waals surface area contributed by atoms with Gasteiger partial charge in [-0.05, 0) is 11.4 Å². The molecule has 1 amide bonds. The summed E-state index contributed by atoms with van der Waals surface area (Å²) in [6.45, 7) is 0. The Morgan fingerprint density at radius 3 is 3.17 bits per heavy atom. The third-order valence-corrected chi connectivity index (χ3v) is 2.60. The van der Waals surface area contributed by atoms with Crippen molar-refractivity contribution in [2.24, 2.45) is 12.8 Å². The zero-order chi connectivity index (χ0) is 8.72. The van der Waals surface area contributed by atoms with Crippen LogP contribution in [0.4, 0.5) is 0 Å². The lowest BCUT2D eigenvalue weighted by Gasteiger charge is -1.86. The number of aryl methyl sites for hydroxylation is 1. The van der Waals surface area contributed by atoms with Crippen LogP contribution >= 0.6 is 11.3 Å². The number of nitrogens with two attached hydrogens (primary N) is 1. The van der Waals surface area contributed by atoms with Crippen LogP contribution in [0.2, 0.25) is 0 Å². The summed E-state index contributed by atoms with van der Waals surface area (Å²) in [4.78, 5) is 10.9. The maximum atomic E-state index is 10.9. The molecule has 4 nitrogen and oxygen atoms in total. The molecule has 2 aromatic heterocycles. The van der Waals surface area contributed by atoms with Crippen LogP contribution in [-0.4, -0.2) is 15.7 Å². The first-order valence-corrected chi connectivity index (χ1v) is 4.28. The van der Waals surface area contributed by atoms with Gasteiger partial charge in [-0.25, -0.2) is 0 Å². The van der Waals surface area contributed by atoms with Gasteiger partial charge >= 0.3 is 0 Å². The fraction of sp³-hybridized carbons (Fsp3) is 0.143. The SMILES string of the molecule is Cn1nc(C(N)=O)c2sccc21. The summed E-state index contributed by atoms with van der Waals surface area (Å²) in [5.74, 6) is -0.469. The van der Waals surface area contributed by atoms with Gasteiger partial charge in [0.1, 0.15) is 0 Å². The largest absolute Gasteiger partial charge is 0.364 e. The number of carbonyl (C=O) groups excluding carboxylic acids is 1. The molecular formula is C7H7N3OS. The molecule has 5 heteroatoms. The van der Waals surface area contributed by atoms with Gasteiger partial charge in [-0.3, -0.25) is 9.48 Å². The van der Waals surface area contributed by atoms with E-state index in [-0.39, 0.29) is 0 Å². The van der Waals surface area contributed by atoms with Crippen molar-refractivity contribution >= 4 is 27.5 Å². The highest BCUT2D eigenvalue weighted by molar-refractivity contribution is 7.17. The Morgan fingerprint density at radius 1 is 1.75 bits per heavy atom. The van der Waals surface area contributed by atoms with E-state index in [2.05, 4.69) is 5.10 Å². The summed E-state index contributed by atoms with van der Waals surface area (Å²) in [5.41, 5.74) is 6.46. The molecule has 0 aromatic carbocycles. The van der Waals surface area contributed by atoms with Gasteiger partial charge < -0.3 is 5.73 Å². The average molecular weight is 181 g/mol. The van der Waals surface area contributed by atoms with Crippen molar-refractivity contribution in [1.82, 2.24) is 9.78 Å². The Kier molecular flexibility index (Phi) is 1.41. The van der Waals surface area contributed by atoms with E-state index in [0.717, 1.165) is 10.2 Å². The Morgan fingerprint density at radius 2 is 2.50 bits per heavy atom. The summed E-state index contributed by atoms with van der Waals surface area (Å²) in [6.07, 6.45) is 0. The van der Waals surface area contributed by atoms with Crippen molar-refractivity contribution in [2.75, 3.05) is 0 Å². The lowest BCUT2D eigenvalue weighted by atomic mass is 10.4. The third-order valence-electron chi connectivity index (χ3n) is 1.69. The van der Waals surface area contributed by atoms with Crippen molar-refractivity contribution in [1.29, 1.82) is 0 Å². The molecule has 62 valence electrons. The standard InChI is InChI=1S/C7H7N3OS/c1-10-4-2-3-12-6(4)5(9-10)7(8)11/h2-3H,1H3,(H2,8,11). The number of aromatic nitrogens is 2. The number of fused-ring (bicyclic) bond motifs is 1. The molecule has 0 spiro atoms. The first-order chi connectivity index (χ1) is 5.70. The molecule has 0 atom stereocenters. The Balaban J connectivity index is 2.83. The monoisotopic (exact) mass is 181 g/mol. The highest BCUT2D eigenvalue weighted by atomic mass is 32.1. The van der Waals surface area contributed by atoms with Gasteiger partial charge in [0.05, 0.1) is 10.2 Å². The van der Waals surface area contributed by atoms with Crippen molar-refractivity contribution in [2.45, 2.75) is 0 Å². The molecule has 2 rings (SSSR count). The number of carbonyl (C=O) groups is 1. The number of amides is 1. The van der Waals surface area contributed by atoms with Crippen LogP contribution in [0.3, 0.4) is 0 Å². The smallest absolute Gasteiger partial charge is 0.270 e. The average Bonchev–Trinajstić information content (AvgIpc) is 2.53. The zero-order valence-corrected chi connectivity index (χ0v) is 7.26. The van der Waals surface area contributed by atoms with E-state index in [0.29, 0.717) is 5.69 Å². The van der Waals surface area contributed by atoms with Crippen LogP contribution in [0.1, 0.15) is 10.5 Å². The first-order valence-electron chi connectivity index (χ1n) is 3.40. The summed E-state index contributed by atoms with van der Waals surface area (Å²) in [6, 6.07) is 1.92. The van der Waals surface area contributed by atoms with Crippen LogP contribution in [0.25, 0.3) is 10.2 Å². The Labute approximate surface area is 72.6 Å². The second-order valence-corrected chi connectivity index (χ2v) is 3.39. The van der Waals surface area contributed by atoms with Gasteiger partial charge in [0.25, 0.3) is 5.91 Å². The maximum Gasteiger partial charge on any atom is 0.270 e. The van der Waals surface area contributed by atoms with Crippen molar-refractivity contribution in [3.8, 4) is 0 Å². The van der Waals surface area contributed by atoms with Crippen LogP contribution in [0.5, 0.6) is 0 Å². The van der Waals surface area contributed by atoms with Crippen LogP contribution < -0.4 is 5.73 Å². The molecule has 2 N–H and O–H groups in total. The van der Waals surface area contributed by atoms with E-state index in [9.17, 15) is 4.79 Å². The fourth-order valence-electron chi connectivity index (χ4n) is 1.14. The molecule has 0 saturated heterocycles. The Bertz CT molecular complexity index is 442. The molecule has 2 aromatic rings.